The van der Waals surface area contributed by atoms with Crippen LogP contribution in [0.4, 0.5) is 4.79 Å². The predicted octanol–water partition coefficient (Wildman–Crippen LogP) is 0.466. The molecule has 1 fully saturated rings. The lowest BCUT2D eigenvalue weighted by Crippen LogP contribution is -2.39. The van der Waals surface area contributed by atoms with Gasteiger partial charge in [-0.1, -0.05) is 6.92 Å². The number of amides is 2. The molecule has 0 aliphatic heterocycles. The summed E-state index contributed by atoms with van der Waals surface area (Å²) >= 11 is 0. The van der Waals surface area contributed by atoms with Crippen molar-refractivity contribution in [2.75, 3.05) is 13.2 Å². The second-order valence-electron chi connectivity index (χ2n) is 3.75. The molecule has 0 saturated heterocycles. The lowest BCUT2D eigenvalue weighted by atomic mass is 10.1. The largest absolute Gasteiger partial charge is 0.396 e. The number of hydrogen-bond acceptors (Lipinski definition) is 2. The van der Waals surface area contributed by atoms with Gasteiger partial charge in [0.05, 0.1) is 0 Å². The Morgan fingerprint density at radius 3 is 2.85 bits per heavy atom. The molecule has 0 heterocycles. The van der Waals surface area contributed by atoms with E-state index in [9.17, 15) is 4.79 Å². The van der Waals surface area contributed by atoms with Gasteiger partial charge in [-0.25, -0.2) is 4.79 Å². The molecule has 4 heteroatoms. The first-order valence-electron chi connectivity index (χ1n) is 4.87. The number of hydrogen-bond donors (Lipinski definition) is 3. The highest BCUT2D eigenvalue weighted by Crippen LogP contribution is 2.18. The lowest BCUT2D eigenvalue weighted by Gasteiger charge is -2.11. The molecule has 0 bridgehead atoms. The van der Waals surface area contributed by atoms with Gasteiger partial charge in [0, 0.05) is 19.2 Å². The molecule has 1 aliphatic carbocycles. The molecule has 1 unspecified atom stereocenters. The first kappa shape index (κ1) is 10.3. The summed E-state index contributed by atoms with van der Waals surface area (Å²) in [6.45, 7) is 2.83. The number of rotatable bonds is 5. The molecular formula is C9H18N2O2. The normalized spacial score (nSPS) is 18.0. The molecular weight excluding hydrogens is 168 g/mol. The van der Waals surface area contributed by atoms with Crippen molar-refractivity contribution in [1.29, 1.82) is 0 Å². The summed E-state index contributed by atoms with van der Waals surface area (Å²) in [6.07, 6.45) is 2.96. The van der Waals surface area contributed by atoms with Crippen molar-refractivity contribution >= 4 is 6.03 Å². The molecule has 1 rings (SSSR count). The van der Waals surface area contributed by atoms with Crippen molar-refractivity contribution in [3.05, 3.63) is 0 Å². The van der Waals surface area contributed by atoms with Crippen molar-refractivity contribution < 1.29 is 9.90 Å². The second kappa shape index (κ2) is 5.07. The van der Waals surface area contributed by atoms with E-state index in [1.54, 1.807) is 0 Å². The van der Waals surface area contributed by atoms with Crippen LogP contribution >= 0.6 is 0 Å². The highest BCUT2D eigenvalue weighted by Gasteiger charge is 2.22. The van der Waals surface area contributed by atoms with Gasteiger partial charge in [0.25, 0.3) is 0 Å². The number of aliphatic hydroxyl groups excluding tert-OH is 1. The molecule has 1 atom stereocenters. The van der Waals surface area contributed by atoms with E-state index in [4.69, 9.17) is 5.11 Å². The van der Waals surface area contributed by atoms with E-state index >= 15 is 0 Å². The quantitative estimate of drug-likeness (QED) is 0.584. The Balaban J connectivity index is 1.99. The van der Waals surface area contributed by atoms with Crippen LogP contribution in [0.15, 0.2) is 0 Å². The minimum atomic E-state index is -0.0766. The van der Waals surface area contributed by atoms with Crippen LogP contribution in [-0.2, 0) is 0 Å². The van der Waals surface area contributed by atoms with Crippen LogP contribution < -0.4 is 10.6 Å². The molecule has 0 aromatic rings. The first-order valence-corrected chi connectivity index (χ1v) is 4.87. The predicted molar refractivity (Wildman–Crippen MR) is 50.4 cm³/mol. The number of urea groups is 1. The molecule has 0 spiro atoms. The van der Waals surface area contributed by atoms with Crippen LogP contribution in [0.2, 0.25) is 0 Å². The Bertz CT molecular complexity index is 169. The molecule has 4 nitrogen and oxygen atoms in total. The molecule has 1 saturated carbocycles. The van der Waals surface area contributed by atoms with Gasteiger partial charge in [-0.2, -0.15) is 0 Å². The standard InChI is InChI=1S/C9H18N2O2/c1-7(4-5-12)6-10-9(13)11-8-2-3-8/h7-8,12H,2-6H2,1H3,(H2,10,11,13). The van der Waals surface area contributed by atoms with Crippen molar-refractivity contribution in [3.63, 3.8) is 0 Å². The third kappa shape index (κ3) is 4.72. The zero-order chi connectivity index (χ0) is 9.68. The Morgan fingerprint density at radius 2 is 2.31 bits per heavy atom. The summed E-state index contributed by atoms with van der Waals surface area (Å²) in [6, 6.07) is 0.334. The highest BCUT2D eigenvalue weighted by atomic mass is 16.3. The summed E-state index contributed by atoms with van der Waals surface area (Å²) in [5.74, 6) is 0.343. The van der Waals surface area contributed by atoms with Crippen LogP contribution in [0, 0.1) is 5.92 Å². The zero-order valence-electron chi connectivity index (χ0n) is 8.05. The van der Waals surface area contributed by atoms with Crippen molar-refractivity contribution in [2.24, 2.45) is 5.92 Å². The lowest BCUT2D eigenvalue weighted by molar-refractivity contribution is 0.233. The number of carbonyl (C=O) groups excluding carboxylic acids is 1. The fourth-order valence-corrected chi connectivity index (χ4v) is 1.05. The number of aliphatic hydroxyl groups is 1. The Labute approximate surface area is 78.7 Å². The smallest absolute Gasteiger partial charge is 0.315 e. The maximum Gasteiger partial charge on any atom is 0.315 e. The summed E-state index contributed by atoms with van der Waals surface area (Å²) in [4.78, 5) is 11.1. The highest BCUT2D eigenvalue weighted by molar-refractivity contribution is 5.74. The van der Waals surface area contributed by atoms with Crippen molar-refractivity contribution in [1.82, 2.24) is 10.6 Å². The topological polar surface area (TPSA) is 61.4 Å². The summed E-state index contributed by atoms with van der Waals surface area (Å²) in [5, 5.41) is 14.2. The van der Waals surface area contributed by atoms with Gasteiger partial charge in [-0.3, -0.25) is 0 Å². The monoisotopic (exact) mass is 186 g/mol. The van der Waals surface area contributed by atoms with E-state index in [1.165, 1.54) is 0 Å². The fourth-order valence-electron chi connectivity index (χ4n) is 1.05. The Kier molecular flexibility index (Phi) is 4.02. The van der Waals surface area contributed by atoms with Crippen LogP contribution in [0.5, 0.6) is 0 Å². The number of carbonyl (C=O) groups is 1. The third-order valence-corrected chi connectivity index (χ3v) is 2.15. The minimum Gasteiger partial charge on any atom is -0.396 e. The van der Waals surface area contributed by atoms with E-state index in [2.05, 4.69) is 10.6 Å². The molecule has 0 radical (unpaired) electrons. The Morgan fingerprint density at radius 1 is 1.62 bits per heavy atom. The van der Waals surface area contributed by atoms with Gasteiger partial charge in [0.1, 0.15) is 0 Å². The maximum absolute atomic E-state index is 11.1. The number of nitrogens with one attached hydrogen (secondary N) is 2. The SMILES string of the molecule is CC(CCO)CNC(=O)NC1CC1. The van der Waals surface area contributed by atoms with E-state index < -0.39 is 0 Å². The second-order valence-corrected chi connectivity index (χ2v) is 3.75. The zero-order valence-corrected chi connectivity index (χ0v) is 8.05. The van der Waals surface area contributed by atoms with Crippen molar-refractivity contribution in [3.8, 4) is 0 Å². The third-order valence-electron chi connectivity index (χ3n) is 2.15. The van der Waals surface area contributed by atoms with E-state index in [-0.39, 0.29) is 12.6 Å². The van der Waals surface area contributed by atoms with Crippen LogP contribution in [0.1, 0.15) is 26.2 Å². The molecule has 2 amide bonds. The van der Waals surface area contributed by atoms with E-state index in [0.717, 1.165) is 19.3 Å². The molecule has 3 N–H and O–H groups in total. The average molecular weight is 186 g/mol. The first-order chi connectivity index (χ1) is 6.22. The van der Waals surface area contributed by atoms with E-state index in [0.29, 0.717) is 18.5 Å². The fraction of sp³-hybridized carbons (Fsp3) is 0.889. The van der Waals surface area contributed by atoms with Crippen LogP contribution in [0.25, 0.3) is 0 Å². The van der Waals surface area contributed by atoms with E-state index in [1.807, 2.05) is 6.92 Å². The van der Waals surface area contributed by atoms with Gasteiger partial charge < -0.3 is 15.7 Å². The van der Waals surface area contributed by atoms with Crippen LogP contribution in [0.3, 0.4) is 0 Å². The maximum atomic E-state index is 11.1. The van der Waals surface area contributed by atoms with Gasteiger partial charge in [0.15, 0.2) is 0 Å². The summed E-state index contributed by atoms with van der Waals surface area (Å²) < 4.78 is 0. The Hall–Kier alpha value is -0.770. The molecule has 0 aromatic heterocycles. The summed E-state index contributed by atoms with van der Waals surface area (Å²) in [7, 11) is 0. The molecule has 1 aliphatic rings. The van der Waals surface area contributed by atoms with Crippen molar-refractivity contribution in [2.45, 2.75) is 32.2 Å². The minimum absolute atomic E-state index is 0.0766. The van der Waals surface area contributed by atoms with Gasteiger partial charge in [-0.15, -0.1) is 0 Å². The molecule has 0 aromatic carbocycles. The van der Waals surface area contributed by atoms with Gasteiger partial charge >= 0.3 is 6.03 Å². The van der Waals surface area contributed by atoms with Crippen LogP contribution in [-0.4, -0.2) is 30.3 Å². The average Bonchev–Trinajstić information content (AvgIpc) is 2.85. The summed E-state index contributed by atoms with van der Waals surface area (Å²) in [5.41, 5.74) is 0. The molecule has 13 heavy (non-hydrogen) atoms. The molecule has 76 valence electrons. The van der Waals surface area contributed by atoms with Gasteiger partial charge in [-0.05, 0) is 25.2 Å². The van der Waals surface area contributed by atoms with Gasteiger partial charge in [0.2, 0.25) is 0 Å².